The normalized spacial score (nSPS) is 14.0. The van der Waals surface area contributed by atoms with E-state index >= 15 is 0 Å². The molecule has 0 radical (unpaired) electrons. The van der Waals surface area contributed by atoms with Gasteiger partial charge >= 0.3 is 0 Å². The summed E-state index contributed by atoms with van der Waals surface area (Å²) in [5.41, 5.74) is 2.48. The van der Waals surface area contributed by atoms with Gasteiger partial charge in [0.15, 0.2) is 5.82 Å². The average Bonchev–Trinajstić information content (AvgIpc) is 3.30. The number of piperazine rings is 1. The summed E-state index contributed by atoms with van der Waals surface area (Å²) >= 11 is 1.35. The number of anilines is 1. The summed E-state index contributed by atoms with van der Waals surface area (Å²) in [6, 6.07) is 18.4. The molecule has 8 heteroatoms. The quantitative estimate of drug-likeness (QED) is 0.545. The van der Waals surface area contributed by atoms with Gasteiger partial charge in [-0.25, -0.2) is 4.98 Å². The van der Waals surface area contributed by atoms with E-state index in [2.05, 4.69) is 51.3 Å². The fraction of sp³-hybridized carbons (Fsp3) is 0.348. The van der Waals surface area contributed by atoms with E-state index in [1.54, 1.807) is 0 Å². The SMILES string of the molecule is CCc1ccc(OCc2nc(SCC(=O)N3CCN(c4ccccc4)CC3)n[nH]2)cc1. The van der Waals surface area contributed by atoms with E-state index in [9.17, 15) is 4.79 Å². The van der Waals surface area contributed by atoms with Crippen LogP contribution in [0.5, 0.6) is 5.75 Å². The van der Waals surface area contributed by atoms with Gasteiger partial charge in [-0.05, 0) is 36.2 Å². The lowest BCUT2D eigenvalue weighted by Crippen LogP contribution is -2.49. The highest BCUT2D eigenvalue weighted by Crippen LogP contribution is 2.18. The average molecular weight is 438 g/mol. The first-order valence-corrected chi connectivity index (χ1v) is 11.5. The number of hydrogen-bond donors (Lipinski definition) is 1. The summed E-state index contributed by atoms with van der Waals surface area (Å²) < 4.78 is 5.75. The number of aromatic nitrogens is 3. The summed E-state index contributed by atoms with van der Waals surface area (Å²) in [6.07, 6.45) is 1.00. The van der Waals surface area contributed by atoms with Crippen molar-refractivity contribution in [3.05, 3.63) is 66.0 Å². The van der Waals surface area contributed by atoms with E-state index in [0.717, 1.165) is 38.3 Å². The monoisotopic (exact) mass is 437 g/mol. The number of aromatic amines is 1. The smallest absolute Gasteiger partial charge is 0.233 e. The zero-order valence-corrected chi connectivity index (χ0v) is 18.5. The molecule has 1 saturated heterocycles. The van der Waals surface area contributed by atoms with Gasteiger partial charge in [0.05, 0.1) is 5.75 Å². The molecule has 0 atom stereocenters. The maximum Gasteiger partial charge on any atom is 0.233 e. The Morgan fingerprint density at radius 2 is 1.81 bits per heavy atom. The first-order chi connectivity index (χ1) is 15.2. The highest BCUT2D eigenvalue weighted by molar-refractivity contribution is 7.99. The van der Waals surface area contributed by atoms with Crippen LogP contribution < -0.4 is 9.64 Å². The van der Waals surface area contributed by atoms with Crippen molar-refractivity contribution in [2.24, 2.45) is 0 Å². The van der Waals surface area contributed by atoms with Gasteiger partial charge in [-0.15, -0.1) is 5.10 Å². The van der Waals surface area contributed by atoms with Gasteiger partial charge in [-0.1, -0.05) is 49.0 Å². The number of carbonyl (C=O) groups is 1. The Morgan fingerprint density at radius 1 is 1.06 bits per heavy atom. The molecule has 3 aromatic rings. The summed E-state index contributed by atoms with van der Waals surface area (Å²) in [5.74, 6) is 1.90. The summed E-state index contributed by atoms with van der Waals surface area (Å²) in [4.78, 5) is 21.2. The first-order valence-electron chi connectivity index (χ1n) is 10.5. The number of thioether (sulfide) groups is 1. The van der Waals surface area contributed by atoms with Crippen molar-refractivity contribution in [3.8, 4) is 5.75 Å². The molecular formula is C23H27N5O2S. The van der Waals surface area contributed by atoms with Crippen molar-refractivity contribution in [2.75, 3.05) is 36.8 Å². The molecule has 0 bridgehead atoms. The number of benzene rings is 2. The molecule has 0 saturated carbocycles. The van der Waals surface area contributed by atoms with E-state index in [1.807, 2.05) is 35.2 Å². The first kappa shape index (κ1) is 21.2. The van der Waals surface area contributed by atoms with Gasteiger partial charge in [-0.3, -0.25) is 9.89 Å². The van der Waals surface area contributed by atoms with Crippen molar-refractivity contribution in [2.45, 2.75) is 25.1 Å². The summed E-state index contributed by atoms with van der Waals surface area (Å²) in [5, 5.41) is 7.65. The minimum absolute atomic E-state index is 0.122. The van der Waals surface area contributed by atoms with Gasteiger partial charge in [0.25, 0.3) is 0 Å². The van der Waals surface area contributed by atoms with Crippen LogP contribution in [0, 0.1) is 0 Å². The molecule has 1 fully saturated rings. The number of nitrogens with one attached hydrogen (secondary N) is 1. The molecule has 2 heterocycles. The second-order valence-corrected chi connectivity index (χ2v) is 8.29. The lowest BCUT2D eigenvalue weighted by molar-refractivity contribution is -0.128. The Kier molecular flexibility index (Phi) is 7.09. The molecule has 1 aliphatic rings. The minimum atomic E-state index is 0.122. The van der Waals surface area contributed by atoms with Crippen LogP contribution in [0.25, 0.3) is 0 Å². The molecular weight excluding hydrogens is 410 g/mol. The number of hydrogen-bond acceptors (Lipinski definition) is 6. The molecule has 31 heavy (non-hydrogen) atoms. The molecule has 1 aliphatic heterocycles. The van der Waals surface area contributed by atoms with Crippen LogP contribution in [-0.4, -0.2) is 57.9 Å². The second-order valence-electron chi connectivity index (χ2n) is 7.34. The van der Waals surface area contributed by atoms with E-state index in [0.29, 0.717) is 23.3 Å². The van der Waals surface area contributed by atoms with Gasteiger partial charge in [0.2, 0.25) is 11.1 Å². The van der Waals surface area contributed by atoms with Crippen molar-refractivity contribution >= 4 is 23.4 Å². The number of para-hydroxylation sites is 1. The number of aryl methyl sites for hydroxylation is 1. The fourth-order valence-corrected chi connectivity index (χ4v) is 4.17. The van der Waals surface area contributed by atoms with Crippen molar-refractivity contribution < 1.29 is 9.53 Å². The third kappa shape index (κ3) is 5.79. The molecule has 1 aromatic heterocycles. The molecule has 0 spiro atoms. The van der Waals surface area contributed by atoms with Crippen LogP contribution in [0.3, 0.4) is 0 Å². The number of H-pyrrole nitrogens is 1. The second kappa shape index (κ2) is 10.3. The van der Waals surface area contributed by atoms with Crippen LogP contribution in [-0.2, 0) is 17.8 Å². The number of carbonyl (C=O) groups excluding carboxylic acids is 1. The number of amides is 1. The Labute approximate surface area is 186 Å². The molecule has 2 aromatic carbocycles. The molecule has 0 aliphatic carbocycles. The highest BCUT2D eigenvalue weighted by Gasteiger charge is 2.21. The Hall–Kier alpha value is -3.00. The van der Waals surface area contributed by atoms with Gasteiger partial charge in [0, 0.05) is 31.9 Å². The summed E-state index contributed by atoms with van der Waals surface area (Å²) in [6.45, 7) is 5.60. The predicted octanol–water partition coefficient (Wildman–Crippen LogP) is 3.39. The molecule has 1 amide bonds. The minimum Gasteiger partial charge on any atom is -0.486 e. The lowest BCUT2D eigenvalue weighted by Gasteiger charge is -2.36. The summed E-state index contributed by atoms with van der Waals surface area (Å²) in [7, 11) is 0. The van der Waals surface area contributed by atoms with Crippen LogP contribution in [0.15, 0.2) is 59.8 Å². The highest BCUT2D eigenvalue weighted by atomic mass is 32.2. The van der Waals surface area contributed by atoms with Crippen molar-refractivity contribution in [3.63, 3.8) is 0 Å². The predicted molar refractivity (Wildman–Crippen MR) is 122 cm³/mol. The molecule has 4 rings (SSSR count). The van der Waals surface area contributed by atoms with Crippen molar-refractivity contribution in [1.29, 1.82) is 0 Å². The lowest BCUT2D eigenvalue weighted by atomic mass is 10.2. The van der Waals surface area contributed by atoms with Gasteiger partial charge < -0.3 is 14.5 Å². The maximum atomic E-state index is 12.6. The van der Waals surface area contributed by atoms with E-state index < -0.39 is 0 Å². The zero-order chi connectivity index (χ0) is 21.5. The molecule has 1 N–H and O–H groups in total. The van der Waals surface area contributed by atoms with E-state index in [1.165, 1.54) is 23.0 Å². The van der Waals surface area contributed by atoms with Crippen LogP contribution >= 0.6 is 11.8 Å². The van der Waals surface area contributed by atoms with Crippen LogP contribution in [0.1, 0.15) is 18.3 Å². The molecule has 162 valence electrons. The largest absolute Gasteiger partial charge is 0.486 e. The fourth-order valence-electron chi connectivity index (χ4n) is 3.45. The Balaban J connectivity index is 1.20. The topological polar surface area (TPSA) is 74.3 Å². The standard InChI is InChI=1S/C23H27N5O2S/c1-2-18-8-10-20(11-9-18)30-16-21-24-23(26-25-21)31-17-22(29)28-14-12-27(13-15-28)19-6-4-3-5-7-19/h3-11H,2,12-17H2,1H3,(H,24,25,26). The van der Waals surface area contributed by atoms with E-state index in [-0.39, 0.29) is 5.91 Å². The maximum absolute atomic E-state index is 12.6. The van der Waals surface area contributed by atoms with Gasteiger partial charge in [0.1, 0.15) is 12.4 Å². The van der Waals surface area contributed by atoms with E-state index in [4.69, 9.17) is 4.74 Å². The van der Waals surface area contributed by atoms with Crippen LogP contribution in [0.2, 0.25) is 0 Å². The Morgan fingerprint density at radius 3 is 2.52 bits per heavy atom. The third-order valence-electron chi connectivity index (χ3n) is 5.30. The molecule has 7 nitrogen and oxygen atoms in total. The number of rotatable bonds is 8. The van der Waals surface area contributed by atoms with Crippen molar-refractivity contribution in [1.82, 2.24) is 20.1 Å². The van der Waals surface area contributed by atoms with Gasteiger partial charge in [-0.2, -0.15) is 0 Å². The zero-order valence-electron chi connectivity index (χ0n) is 17.7. The van der Waals surface area contributed by atoms with Crippen LogP contribution in [0.4, 0.5) is 5.69 Å². The molecule has 0 unspecified atom stereocenters. The number of ether oxygens (including phenoxy) is 1. The number of nitrogens with zero attached hydrogens (tertiary/aromatic N) is 4. The third-order valence-corrected chi connectivity index (χ3v) is 6.13. The Bertz CT molecular complexity index is 969.